The zero-order valence-corrected chi connectivity index (χ0v) is 16.6. The molecule has 0 unspecified atom stereocenters. The Labute approximate surface area is 169 Å². The van der Waals surface area contributed by atoms with Gasteiger partial charge < -0.3 is 23.7 Å². The Bertz CT molecular complexity index is 974. The van der Waals surface area contributed by atoms with Gasteiger partial charge in [-0.05, 0) is 49.9 Å². The van der Waals surface area contributed by atoms with Crippen molar-refractivity contribution in [2.75, 3.05) is 33.0 Å². The average molecular weight is 396 g/mol. The van der Waals surface area contributed by atoms with Gasteiger partial charge in [0, 0.05) is 32.1 Å². The van der Waals surface area contributed by atoms with Crippen molar-refractivity contribution < 1.29 is 23.5 Å². The third-order valence-corrected chi connectivity index (χ3v) is 6.08. The monoisotopic (exact) mass is 396 g/mol. The van der Waals surface area contributed by atoms with Crippen molar-refractivity contribution in [2.24, 2.45) is 5.92 Å². The molecule has 3 aliphatic rings. The predicted octanol–water partition coefficient (Wildman–Crippen LogP) is 2.71. The highest BCUT2D eigenvalue weighted by molar-refractivity contribution is 5.95. The second-order valence-electron chi connectivity index (χ2n) is 8.01. The third-order valence-electron chi connectivity index (χ3n) is 6.08. The molecule has 2 amide bonds. The van der Waals surface area contributed by atoms with E-state index in [1.165, 1.54) is 0 Å². The summed E-state index contributed by atoms with van der Waals surface area (Å²) in [5.74, 6) is 3.35. The van der Waals surface area contributed by atoms with Crippen LogP contribution in [-0.2, 0) is 4.79 Å². The molecule has 1 aromatic carbocycles. The number of fused-ring (bicyclic) bond motifs is 1. The van der Waals surface area contributed by atoms with Crippen LogP contribution in [0.4, 0.5) is 0 Å². The first-order valence-corrected chi connectivity index (χ1v) is 10.1. The number of hydrogen-bond acceptors (Lipinski definition) is 5. The minimum atomic E-state index is -0.0175. The predicted molar refractivity (Wildman–Crippen MR) is 104 cm³/mol. The highest BCUT2D eigenvalue weighted by atomic mass is 16.7. The summed E-state index contributed by atoms with van der Waals surface area (Å²) in [6.45, 7) is 6.16. The van der Waals surface area contributed by atoms with Gasteiger partial charge in [-0.1, -0.05) is 6.07 Å². The highest BCUT2D eigenvalue weighted by Crippen LogP contribution is 2.50. The second-order valence-corrected chi connectivity index (χ2v) is 8.01. The minimum Gasteiger partial charge on any atom is -0.466 e. The summed E-state index contributed by atoms with van der Waals surface area (Å²) in [5.41, 5.74) is 1.75. The molecule has 0 radical (unpaired) electrons. The zero-order valence-electron chi connectivity index (χ0n) is 16.6. The summed E-state index contributed by atoms with van der Waals surface area (Å²) in [4.78, 5) is 29.4. The summed E-state index contributed by atoms with van der Waals surface area (Å²) in [6, 6.07) is 7.72. The molecule has 7 heteroatoms. The Hall–Kier alpha value is -2.96. The van der Waals surface area contributed by atoms with Crippen molar-refractivity contribution in [2.45, 2.75) is 26.2 Å². The number of hydrogen-bond donors (Lipinski definition) is 0. The Morgan fingerprint density at radius 1 is 0.966 bits per heavy atom. The fourth-order valence-corrected chi connectivity index (χ4v) is 4.36. The van der Waals surface area contributed by atoms with Gasteiger partial charge in [0.15, 0.2) is 11.5 Å². The normalized spacial score (nSPS) is 22.7. The van der Waals surface area contributed by atoms with Crippen LogP contribution in [-0.4, -0.2) is 54.6 Å². The molecule has 2 atom stereocenters. The molecule has 3 heterocycles. The van der Waals surface area contributed by atoms with Crippen LogP contribution in [0.1, 0.15) is 39.8 Å². The lowest BCUT2D eigenvalue weighted by Gasteiger charge is -2.35. The van der Waals surface area contributed by atoms with E-state index in [2.05, 4.69) is 0 Å². The first-order chi connectivity index (χ1) is 14.0. The summed E-state index contributed by atoms with van der Waals surface area (Å²) >= 11 is 0. The number of rotatable bonds is 3. The molecule has 7 nitrogen and oxygen atoms in total. The molecular weight excluding hydrogens is 372 g/mol. The average Bonchev–Trinajstić information content (AvgIpc) is 3.26. The molecule has 5 rings (SSSR count). The topological polar surface area (TPSA) is 72.2 Å². The summed E-state index contributed by atoms with van der Waals surface area (Å²) in [5, 5.41) is 0. The Morgan fingerprint density at radius 2 is 1.69 bits per heavy atom. The molecule has 0 spiro atoms. The van der Waals surface area contributed by atoms with Crippen molar-refractivity contribution in [3.8, 4) is 11.5 Å². The number of benzene rings is 1. The van der Waals surface area contributed by atoms with Gasteiger partial charge in [0.25, 0.3) is 5.91 Å². The number of carbonyl (C=O) groups excluding carboxylic acids is 2. The van der Waals surface area contributed by atoms with Crippen LogP contribution in [0.25, 0.3) is 0 Å². The molecule has 1 aromatic heterocycles. The summed E-state index contributed by atoms with van der Waals surface area (Å²) in [6.07, 6.45) is 0.866. The standard InChI is InChI=1S/C22H24N2O5/c1-13-9-16(14(2)29-13)21(25)23-5-7-24(8-6-23)22(26)18-11-17(18)15-3-4-19-20(10-15)28-12-27-19/h3-4,9-10,17-18H,5-8,11-12H2,1-2H3/t17-,18+/m0/s1. The first-order valence-electron chi connectivity index (χ1n) is 10.1. The smallest absolute Gasteiger partial charge is 0.257 e. The van der Waals surface area contributed by atoms with E-state index in [1.54, 1.807) is 6.07 Å². The summed E-state index contributed by atoms with van der Waals surface area (Å²) in [7, 11) is 0. The van der Waals surface area contributed by atoms with Crippen molar-refractivity contribution in [3.63, 3.8) is 0 Å². The number of nitrogens with zero attached hydrogens (tertiary/aromatic N) is 2. The highest BCUT2D eigenvalue weighted by Gasteiger charge is 2.46. The van der Waals surface area contributed by atoms with Crippen LogP contribution in [0.5, 0.6) is 11.5 Å². The van der Waals surface area contributed by atoms with Crippen LogP contribution >= 0.6 is 0 Å². The fourth-order valence-electron chi connectivity index (χ4n) is 4.36. The summed E-state index contributed by atoms with van der Waals surface area (Å²) < 4.78 is 16.3. The van der Waals surface area contributed by atoms with Crippen LogP contribution in [0, 0.1) is 19.8 Å². The molecule has 0 bridgehead atoms. The molecular formula is C22H24N2O5. The van der Waals surface area contributed by atoms with Gasteiger partial charge in [0.05, 0.1) is 5.56 Å². The van der Waals surface area contributed by atoms with E-state index in [-0.39, 0.29) is 30.4 Å². The molecule has 0 N–H and O–H groups in total. The lowest BCUT2D eigenvalue weighted by molar-refractivity contribution is -0.134. The van der Waals surface area contributed by atoms with Crippen LogP contribution in [0.3, 0.4) is 0 Å². The minimum absolute atomic E-state index is 0.0175. The Morgan fingerprint density at radius 3 is 2.41 bits per heavy atom. The largest absolute Gasteiger partial charge is 0.466 e. The van der Waals surface area contributed by atoms with E-state index in [9.17, 15) is 9.59 Å². The Kier molecular flexibility index (Phi) is 4.26. The van der Waals surface area contributed by atoms with E-state index in [1.807, 2.05) is 41.8 Å². The second kappa shape index (κ2) is 6.83. The van der Waals surface area contributed by atoms with Gasteiger partial charge in [-0.25, -0.2) is 0 Å². The molecule has 2 aliphatic heterocycles. The van der Waals surface area contributed by atoms with Gasteiger partial charge in [0.1, 0.15) is 11.5 Å². The van der Waals surface area contributed by atoms with E-state index >= 15 is 0 Å². The van der Waals surface area contributed by atoms with Crippen molar-refractivity contribution in [3.05, 3.63) is 46.9 Å². The maximum Gasteiger partial charge on any atom is 0.257 e. The van der Waals surface area contributed by atoms with E-state index < -0.39 is 0 Å². The molecule has 2 fully saturated rings. The maximum absolute atomic E-state index is 12.9. The lowest BCUT2D eigenvalue weighted by Crippen LogP contribution is -2.51. The van der Waals surface area contributed by atoms with Gasteiger partial charge in [-0.3, -0.25) is 9.59 Å². The van der Waals surface area contributed by atoms with E-state index in [0.717, 1.165) is 29.2 Å². The van der Waals surface area contributed by atoms with Crippen LogP contribution in [0.15, 0.2) is 28.7 Å². The number of carbonyl (C=O) groups is 2. The molecule has 1 saturated heterocycles. The van der Waals surface area contributed by atoms with E-state index in [0.29, 0.717) is 37.5 Å². The Balaban J connectivity index is 1.18. The molecule has 2 aromatic rings. The lowest BCUT2D eigenvalue weighted by atomic mass is 10.1. The van der Waals surface area contributed by atoms with Crippen molar-refractivity contribution in [1.29, 1.82) is 0 Å². The number of furan rings is 1. The third kappa shape index (κ3) is 3.24. The van der Waals surface area contributed by atoms with Gasteiger partial charge >= 0.3 is 0 Å². The van der Waals surface area contributed by atoms with Gasteiger partial charge in [0.2, 0.25) is 12.7 Å². The van der Waals surface area contributed by atoms with Crippen molar-refractivity contribution >= 4 is 11.8 Å². The molecule has 1 saturated carbocycles. The SMILES string of the molecule is Cc1cc(C(=O)N2CCN(C(=O)[C@@H]3C[C@H]3c3ccc4c(c3)OCO4)CC2)c(C)o1. The number of ether oxygens (including phenoxy) is 2. The number of amides is 2. The number of aryl methyl sites for hydroxylation is 2. The fraction of sp³-hybridized carbons (Fsp3) is 0.455. The van der Waals surface area contributed by atoms with Gasteiger partial charge in [-0.15, -0.1) is 0 Å². The molecule has 29 heavy (non-hydrogen) atoms. The molecule has 1 aliphatic carbocycles. The zero-order chi connectivity index (χ0) is 20.1. The van der Waals surface area contributed by atoms with Crippen LogP contribution in [0.2, 0.25) is 0 Å². The van der Waals surface area contributed by atoms with Crippen molar-refractivity contribution in [1.82, 2.24) is 9.80 Å². The maximum atomic E-state index is 12.9. The van der Waals surface area contributed by atoms with Gasteiger partial charge in [-0.2, -0.15) is 0 Å². The number of piperazine rings is 1. The van der Waals surface area contributed by atoms with E-state index in [4.69, 9.17) is 13.9 Å². The quantitative estimate of drug-likeness (QED) is 0.798. The first kappa shape index (κ1) is 18.1. The molecule has 152 valence electrons. The van der Waals surface area contributed by atoms with Crippen LogP contribution < -0.4 is 9.47 Å².